The van der Waals surface area contributed by atoms with Crippen LogP contribution in [0.5, 0.6) is 5.75 Å². The fourth-order valence-corrected chi connectivity index (χ4v) is 3.28. The van der Waals surface area contributed by atoms with Crippen molar-refractivity contribution in [2.75, 3.05) is 0 Å². The predicted octanol–water partition coefficient (Wildman–Crippen LogP) is 3.08. The lowest BCUT2D eigenvalue weighted by Crippen LogP contribution is -1.71. The molecule has 4 heteroatoms. The Morgan fingerprint density at radius 1 is 1.46 bits per heavy atom. The predicted molar refractivity (Wildman–Crippen MR) is 60.9 cm³/mol. The third-order valence-corrected chi connectivity index (χ3v) is 4.24. The first-order valence-corrected chi connectivity index (χ1v) is 5.43. The Bertz CT molecular complexity index is 512. The number of nitrogens with zero attached hydrogens (tertiary/aromatic N) is 1. The summed E-state index contributed by atoms with van der Waals surface area (Å²) in [6.45, 7) is 0. The summed E-state index contributed by atoms with van der Waals surface area (Å²) in [5.74, 6) is 0.250. The first kappa shape index (κ1) is 8.78. The van der Waals surface area contributed by atoms with Crippen molar-refractivity contribution in [1.82, 2.24) is 0 Å². The lowest BCUT2D eigenvalue weighted by molar-refractivity contribution is 0.481. The molecule has 0 aliphatic heterocycles. The van der Waals surface area contributed by atoms with Crippen LogP contribution in [-0.4, -0.2) is 5.11 Å². The van der Waals surface area contributed by atoms with Crippen LogP contribution in [0.3, 0.4) is 0 Å². The number of hydrogen-bond donors (Lipinski definition) is 1. The van der Waals surface area contributed by atoms with Crippen molar-refractivity contribution in [3.63, 3.8) is 0 Å². The van der Waals surface area contributed by atoms with Gasteiger partial charge in [-0.25, -0.2) is 0 Å². The molecule has 0 aliphatic carbocycles. The fraction of sp³-hybridized carbons (Fsp3) is 0. The molecular formula is C9H4INOS. The monoisotopic (exact) mass is 301 g/mol. The van der Waals surface area contributed by atoms with Gasteiger partial charge in [0.05, 0.1) is 3.57 Å². The van der Waals surface area contributed by atoms with Crippen LogP contribution >= 0.6 is 33.9 Å². The van der Waals surface area contributed by atoms with E-state index in [0.717, 1.165) is 13.7 Å². The minimum atomic E-state index is 0.250. The molecule has 0 amide bonds. The van der Waals surface area contributed by atoms with Gasteiger partial charge in [0.2, 0.25) is 0 Å². The number of benzene rings is 1. The number of hydrogen-bond acceptors (Lipinski definition) is 3. The summed E-state index contributed by atoms with van der Waals surface area (Å²) in [6, 6.07) is 7.44. The highest BCUT2D eigenvalue weighted by Crippen LogP contribution is 2.36. The van der Waals surface area contributed by atoms with E-state index < -0.39 is 0 Å². The second-order valence-electron chi connectivity index (χ2n) is 2.51. The number of phenols is 1. The zero-order chi connectivity index (χ0) is 9.42. The number of halogens is 1. The quantitative estimate of drug-likeness (QED) is 0.760. The number of rotatable bonds is 0. The van der Waals surface area contributed by atoms with Crippen molar-refractivity contribution in [1.29, 1.82) is 5.26 Å². The van der Waals surface area contributed by atoms with Crippen LogP contribution in [-0.2, 0) is 0 Å². The summed E-state index contributed by atoms with van der Waals surface area (Å²) in [4.78, 5) is 0.664. The maximum absolute atomic E-state index is 9.55. The molecular weight excluding hydrogens is 297 g/mol. The zero-order valence-electron chi connectivity index (χ0n) is 6.41. The van der Waals surface area contributed by atoms with Gasteiger partial charge in [-0.1, -0.05) is 6.07 Å². The van der Waals surface area contributed by atoms with Gasteiger partial charge in [-0.2, -0.15) is 5.26 Å². The number of aromatic hydroxyl groups is 1. The third kappa shape index (κ3) is 1.28. The first-order valence-electron chi connectivity index (χ1n) is 3.54. The van der Waals surface area contributed by atoms with Crippen molar-refractivity contribution in [2.24, 2.45) is 0 Å². The molecule has 0 saturated carbocycles. The molecule has 2 rings (SSSR count). The standard InChI is InChI=1S/C9H4INOS/c10-9-7(4-11)13-6-3-1-2-5(12)8(6)9/h1-3,12H. The Balaban J connectivity index is 2.95. The zero-order valence-corrected chi connectivity index (χ0v) is 9.39. The lowest BCUT2D eigenvalue weighted by atomic mass is 10.2. The van der Waals surface area contributed by atoms with Crippen LogP contribution in [0.25, 0.3) is 10.1 Å². The second kappa shape index (κ2) is 3.16. The highest BCUT2D eigenvalue weighted by Gasteiger charge is 2.11. The normalized spacial score (nSPS) is 10.2. The molecule has 2 aromatic rings. The number of phenolic OH excluding ortho intramolecular Hbond substituents is 1. The molecule has 1 heterocycles. The van der Waals surface area contributed by atoms with Crippen LogP contribution < -0.4 is 0 Å². The number of thiophene rings is 1. The summed E-state index contributed by atoms with van der Waals surface area (Å²) in [5, 5.41) is 19.1. The smallest absolute Gasteiger partial charge is 0.125 e. The van der Waals surface area contributed by atoms with Crippen LogP contribution in [0.1, 0.15) is 4.88 Å². The second-order valence-corrected chi connectivity index (χ2v) is 4.64. The Morgan fingerprint density at radius 2 is 2.23 bits per heavy atom. The first-order chi connectivity index (χ1) is 6.24. The highest BCUT2D eigenvalue weighted by molar-refractivity contribution is 14.1. The third-order valence-electron chi connectivity index (χ3n) is 1.74. The molecule has 1 aromatic carbocycles. The molecule has 64 valence electrons. The van der Waals surface area contributed by atoms with Crippen LogP contribution in [0.4, 0.5) is 0 Å². The van der Waals surface area contributed by atoms with Gasteiger partial charge < -0.3 is 5.11 Å². The average molecular weight is 301 g/mol. The molecule has 0 unspecified atom stereocenters. The summed E-state index contributed by atoms with van der Waals surface area (Å²) in [5.41, 5.74) is 0. The number of nitriles is 1. The van der Waals surface area contributed by atoms with Crippen molar-refractivity contribution in [3.05, 3.63) is 26.6 Å². The maximum atomic E-state index is 9.55. The molecule has 0 spiro atoms. The van der Waals surface area contributed by atoms with Gasteiger partial charge in [0, 0.05) is 10.1 Å². The Labute approximate surface area is 92.6 Å². The molecule has 0 atom stereocenters. The minimum absolute atomic E-state index is 0.250. The van der Waals surface area contributed by atoms with E-state index in [2.05, 4.69) is 28.7 Å². The van der Waals surface area contributed by atoms with E-state index in [1.807, 2.05) is 6.07 Å². The summed E-state index contributed by atoms with van der Waals surface area (Å²) >= 11 is 3.50. The van der Waals surface area contributed by atoms with E-state index >= 15 is 0 Å². The van der Waals surface area contributed by atoms with Crippen molar-refractivity contribution < 1.29 is 5.11 Å². The van der Waals surface area contributed by atoms with Crippen molar-refractivity contribution in [2.45, 2.75) is 0 Å². The Morgan fingerprint density at radius 3 is 2.85 bits per heavy atom. The van der Waals surface area contributed by atoms with E-state index in [0.29, 0.717) is 4.88 Å². The Hall–Kier alpha value is -0.800. The molecule has 13 heavy (non-hydrogen) atoms. The number of fused-ring (bicyclic) bond motifs is 1. The average Bonchev–Trinajstić information content (AvgIpc) is 2.44. The SMILES string of the molecule is N#Cc1sc2cccc(O)c2c1I. The van der Waals surface area contributed by atoms with Crippen LogP contribution in [0.2, 0.25) is 0 Å². The van der Waals surface area contributed by atoms with Gasteiger partial charge in [0.15, 0.2) is 0 Å². The summed E-state index contributed by atoms with van der Waals surface area (Å²) in [6.07, 6.45) is 0. The van der Waals surface area contributed by atoms with Gasteiger partial charge in [-0.15, -0.1) is 11.3 Å². The van der Waals surface area contributed by atoms with E-state index in [4.69, 9.17) is 5.26 Å². The van der Waals surface area contributed by atoms with E-state index in [1.54, 1.807) is 12.1 Å². The largest absolute Gasteiger partial charge is 0.507 e. The summed E-state index contributed by atoms with van der Waals surface area (Å²) in [7, 11) is 0. The maximum Gasteiger partial charge on any atom is 0.125 e. The molecule has 1 aromatic heterocycles. The van der Waals surface area contributed by atoms with Crippen LogP contribution in [0.15, 0.2) is 18.2 Å². The fourth-order valence-electron chi connectivity index (χ4n) is 1.17. The lowest BCUT2D eigenvalue weighted by Gasteiger charge is -1.93. The molecule has 1 N–H and O–H groups in total. The van der Waals surface area contributed by atoms with E-state index in [-0.39, 0.29) is 5.75 Å². The molecule has 0 aliphatic rings. The van der Waals surface area contributed by atoms with Gasteiger partial charge in [0.1, 0.15) is 16.7 Å². The van der Waals surface area contributed by atoms with Gasteiger partial charge in [-0.3, -0.25) is 0 Å². The van der Waals surface area contributed by atoms with E-state index in [1.165, 1.54) is 11.3 Å². The van der Waals surface area contributed by atoms with Gasteiger partial charge >= 0.3 is 0 Å². The van der Waals surface area contributed by atoms with Gasteiger partial charge in [0.25, 0.3) is 0 Å². The van der Waals surface area contributed by atoms with Gasteiger partial charge in [-0.05, 0) is 34.7 Å². The van der Waals surface area contributed by atoms with Crippen molar-refractivity contribution in [3.8, 4) is 11.8 Å². The Kier molecular flexibility index (Phi) is 2.14. The molecule has 0 radical (unpaired) electrons. The molecule has 0 bridgehead atoms. The minimum Gasteiger partial charge on any atom is -0.507 e. The summed E-state index contributed by atoms with van der Waals surface area (Å²) < 4.78 is 1.80. The molecule has 0 fully saturated rings. The van der Waals surface area contributed by atoms with Crippen molar-refractivity contribution >= 4 is 44.0 Å². The topological polar surface area (TPSA) is 44.0 Å². The van der Waals surface area contributed by atoms with E-state index in [9.17, 15) is 5.11 Å². The molecule has 0 saturated heterocycles. The van der Waals surface area contributed by atoms with Crippen LogP contribution in [0, 0.1) is 14.9 Å². The highest BCUT2D eigenvalue weighted by atomic mass is 127. The molecule has 2 nitrogen and oxygen atoms in total.